The Kier molecular flexibility index (Phi) is 6.25. The number of rotatable bonds is 6. The average Bonchev–Trinajstić information content (AvgIpc) is 3.15. The van der Waals surface area contributed by atoms with Crippen molar-refractivity contribution < 1.29 is 4.39 Å². The quantitative estimate of drug-likeness (QED) is 0.499. The minimum atomic E-state index is -0.257. The molecule has 4 heterocycles. The SMILES string of the molecule is CC=CCN1CCC[C@@H](CNC2=C(F)CNC(C3=CNC4NC=C(Cl)C=C34)=N2)C1. The Morgan fingerprint density at radius 1 is 1.38 bits per heavy atom. The van der Waals surface area contributed by atoms with Crippen LogP contribution in [0.1, 0.15) is 19.8 Å². The first-order valence-electron chi connectivity index (χ1n) is 10.2. The van der Waals surface area contributed by atoms with Gasteiger partial charge in [0.05, 0.1) is 11.6 Å². The molecule has 1 fully saturated rings. The van der Waals surface area contributed by atoms with Crippen LogP contribution in [0, 0.1) is 5.92 Å². The van der Waals surface area contributed by atoms with Gasteiger partial charge in [0.15, 0.2) is 11.6 Å². The number of amidine groups is 1. The summed E-state index contributed by atoms with van der Waals surface area (Å²) in [6.07, 6.45) is 12.1. The lowest BCUT2D eigenvalue weighted by Gasteiger charge is -2.32. The van der Waals surface area contributed by atoms with Crippen LogP contribution in [0.4, 0.5) is 4.39 Å². The second kappa shape index (κ2) is 9.05. The molecule has 0 saturated carbocycles. The molecule has 0 aromatic heterocycles. The number of allylic oxidation sites excluding steroid dienone is 3. The van der Waals surface area contributed by atoms with Crippen molar-refractivity contribution in [1.82, 2.24) is 26.2 Å². The maximum Gasteiger partial charge on any atom is 0.162 e. The van der Waals surface area contributed by atoms with E-state index in [9.17, 15) is 4.39 Å². The number of nitrogens with one attached hydrogen (secondary N) is 4. The standard InChI is InChI=1S/C21H28ClFN6/c1-2-3-6-29-7-4-5-14(13-29)9-24-21-18(23)12-27-20(28-21)17-11-26-19-16(17)8-15(22)10-25-19/h2-3,8,10-11,14,19,24-26H,4-7,9,12-13H2,1H3,(H,27,28)/t14-,19?/m0/s1. The Bertz CT molecular complexity index is 825. The number of hydrogen-bond donors (Lipinski definition) is 4. The normalized spacial score (nSPS) is 27.3. The van der Waals surface area contributed by atoms with Crippen LogP contribution in [0.3, 0.4) is 0 Å². The first kappa shape index (κ1) is 20.0. The van der Waals surface area contributed by atoms with E-state index in [0.29, 0.717) is 22.6 Å². The van der Waals surface area contributed by atoms with Gasteiger partial charge in [-0.3, -0.25) is 4.90 Å². The second-order valence-electron chi connectivity index (χ2n) is 7.74. The zero-order valence-corrected chi connectivity index (χ0v) is 17.4. The van der Waals surface area contributed by atoms with Crippen LogP contribution in [-0.2, 0) is 0 Å². The summed E-state index contributed by atoms with van der Waals surface area (Å²) >= 11 is 6.14. The zero-order valence-electron chi connectivity index (χ0n) is 16.6. The van der Waals surface area contributed by atoms with Gasteiger partial charge in [-0.05, 0) is 38.3 Å². The number of hydrogen-bond acceptors (Lipinski definition) is 6. The van der Waals surface area contributed by atoms with Gasteiger partial charge in [-0.25, -0.2) is 9.38 Å². The van der Waals surface area contributed by atoms with Crippen molar-refractivity contribution in [3.05, 3.63) is 58.5 Å². The highest BCUT2D eigenvalue weighted by Crippen LogP contribution is 2.27. The summed E-state index contributed by atoms with van der Waals surface area (Å²) in [6.45, 7) is 6.05. The molecule has 2 atom stereocenters. The fourth-order valence-electron chi connectivity index (χ4n) is 4.08. The summed E-state index contributed by atoms with van der Waals surface area (Å²) in [5.74, 6) is 1.22. The van der Waals surface area contributed by atoms with E-state index in [-0.39, 0.29) is 18.5 Å². The Labute approximate surface area is 176 Å². The van der Waals surface area contributed by atoms with Gasteiger partial charge in [0.1, 0.15) is 12.0 Å². The minimum Gasteiger partial charge on any atom is -0.367 e. The smallest absolute Gasteiger partial charge is 0.162 e. The largest absolute Gasteiger partial charge is 0.367 e. The molecule has 4 N–H and O–H groups in total. The molecule has 0 radical (unpaired) electrons. The molecule has 0 bridgehead atoms. The van der Waals surface area contributed by atoms with E-state index >= 15 is 0 Å². The lowest BCUT2D eigenvalue weighted by atomic mass is 9.98. The molecule has 0 aliphatic carbocycles. The van der Waals surface area contributed by atoms with Crippen molar-refractivity contribution >= 4 is 17.4 Å². The monoisotopic (exact) mass is 418 g/mol. The Morgan fingerprint density at radius 3 is 3.10 bits per heavy atom. The third-order valence-electron chi connectivity index (χ3n) is 5.60. The van der Waals surface area contributed by atoms with Crippen molar-refractivity contribution in [2.45, 2.75) is 25.9 Å². The van der Waals surface area contributed by atoms with E-state index in [4.69, 9.17) is 11.6 Å². The third kappa shape index (κ3) is 4.67. The summed E-state index contributed by atoms with van der Waals surface area (Å²) in [5, 5.41) is 13.4. The lowest BCUT2D eigenvalue weighted by Crippen LogP contribution is -2.41. The molecule has 1 unspecified atom stereocenters. The highest BCUT2D eigenvalue weighted by atomic mass is 35.5. The maximum absolute atomic E-state index is 14.4. The maximum atomic E-state index is 14.4. The number of piperidine rings is 1. The lowest BCUT2D eigenvalue weighted by molar-refractivity contribution is 0.190. The number of fused-ring (bicyclic) bond motifs is 1. The van der Waals surface area contributed by atoms with Crippen LogP contribution in [0.2, 0.25) is 0 Å². The van der Waals surface area contributed by atoms with E-state index < -0.39 is 0 Å². The van der Waals surface area contributed by atoms with Crippen LogP contribution in [-0.4, -0.2) is 49.6 Å². The van der Waals surface area contributed by atoms with Crippen molar-refractivity contribution in [3.8, 4) is 0 Å². The van der Waals surface area contributed by atoms with Gasteiger partial charge in [0.2, 0.25) is 0 Å². The number of aliphatic imine (C=N–C) groups is 1. The highest BCUT2D eigenvalue weighted by molar-refractivity contribution is 6.31. The van der Waals surface area contributed by atoms with Crippen molar-refractivity contribution in [1.29, 1.82) is 0 Å². The van der Waals surface area contributed by atoms with E-state index in [1.165, 1.54) is 6.42 Å². The van der Waals surface area contributed by atoms with Crippen LogP contribution in [0.15, 0.2) is 63.4 Å². The van der Waals surface area contributed by atoms with Crippen LogP contribution >= 0.6 is 11.6 Å². The number of dihydropyridines is 1. The zero-order chi connectivity index (χ0) is 20.2. The summed E-state index contributed by atoms with van der Waals surface area (Å²) < 4.78 is 14.4. The summed E-state index contributed by atoms with van der Waals surface area (Å²) in [6, 6.07) is 0. The fraction of sp³-hybridized carbons (Fsp3) is 0.476. The number of likely N-dealkylation sites (tertiary alicyclic amines) is 1. The van der Waals surface area contributed by atoms with E-state index in [0.717, 1.165) is 43.7 Å². The molecule has 4 rings (SSSR count). The van der Waals surface area contributed by atoms with Gasteiger partial charge in [-0.1, -0.05) is 23.8 Å². The molecule has 4 aliphatic heterocycles. The van der Waals surface area contributed by atoms with Gasteiger partial charge in [-0.2, -0.15) is 0 Å². The fourth-order valence-corrected chi connectivity index (χ4v) is 4.26. The number of halogens is 2. The highest BCUT2D eigenvalue weighted by Gasteiger charge is 2.30. The molecular formula is C21H28ClFN6. The molecule has 4 aliphatic rings. The van der Waals surface area contributed by atoms with Crippen LogP contribution < -0.4 is 21.3 Å². The van der Waals surface area contributed by atoms with Crippen molar-refractivity contribution in [2.24, 2.45) is 10.9 Å². The molecule has 8 heteroatoms. The molecular weight excluding hydrogens is 391 g/mol. The summed E-state index contributed by atoms with van der Waals surface area (Å²) in [7, 11) is 0. The topological polar surface area (TPSA) is 63.7 Å². The van der Waals surface area contributed by atoms with Gasteiger partial charge in [0, 0.05) is 43.2 Å². The van der Waals surface area contributed by atoms with Gasteiger partial charge >= 0.3 is 0 Å². The number of nitrogens with zero attached hydrogens (tertiary/aromatic N) is 2. The second-order valence-corrected chi connectivity index (χ2v) is 8.17. The molecule has 0 amide bonds. The predicted octanol–water partition coefficient (Wildman–Crippen LogP) is 2.43. The molecule has 0 aromatic rings. The van der Waals surface area contributed by atoms with E-state index in [1.54, 1.807) is 6.20 Å². The molecule has 0 aromatic carbocycles. The van der Waals surface area contributed by atoms with Crippen LogP contribution in [0.25, 0.3) is 0 Å². The first-order valence-corrected chi connectivity index (χ1v) is 10.6. The molecule has 0 spiro atoms. The Balaban J connectivity index is 1.40. The Morgan fingerprint density at radius 2 is 2.24 bits per heavy atom. The minimum absolute atomic E-state index is 0.0328. The molecule has 1 saturated heterocycles. The van der Waals surface area contributed by atoms with Gasteiger partial charge in [-0.15, -0.1) is 0 Å². The first-order chi connectivity index (χ1) is 14.1. The van der Waals surface area contributed by atoms with Crippen LogP contribution in [0.5, 0.6) is 0 Å². The average molecular weight is 419 g/mol. The van der Waals surface area contributed by atoms with Crippen molar-refractivity contribution in [2.75, 3.05) is 32.7 Å². The summed E-state index contributed by atoms with van der Waals surface area (Å²) in [5.41, 5.74) is 1.90. The summed E-state index contributed by atoms with van der Waals surface area (Å²) in [4.78, 5) is 7.00. The van der Waals surface area contributed by atoms with Gasteiger partial charge < -0.3 is 21.3 Å². The Hall–Kier alpha value is -2.25. The van der Waals surface area contributed by atoms with E-state index in [1.807, 2.05) is 19.2 Å². The van der Waals surface area contributed by atoms with Crippen molar-refractivity contribution in [3.63, 3.8) is 0 Å². The molecule has 29 heavy (non-hydrogen) atoms. The van der Waals surface area contributed by atoms with E-state index in [2.05, 4.69) is 43.3 Å². The molecule has 156 valence electrons. The predicted molar refractivity (Wildman–Crippen MR) is 116 cm³/mol. The van der Waals surface area contributed by atoms with Gasteiger partial charge in [0.25, 0.3) is 0 Å². The third-order valence-corrected chi connectivity index (χ3v) is 5.82. The molecule has 6 nitrogen and oxygen atoms in total.